The second-order valence-electron chi connectivity index (χ2n) is 4.76. The molecule has 3 rings (SSSR count). The third-order valence-electron chi connectivity index (χ3n) is 3.29. The molecular weight excluding hydrogens is 272 g/mol. The first-order valence-electron chi connectivity index (χ1n) is 6.61. The van der Waals surface area contributed by atoms with Crippen LogP contribution >= 0.6 is 11.6 Å². The van der Waals surface area contributed by atoms with Crippen molar-refractivity contribution in [2.45, 2.75) is 12.8 Å². The summed E-state index contributed by atoms with van der Waals surface area (Å²) in [5, 5.41) is 9.53. The van der Waals surface area contributed by atoms with Gasteiger partial charge in [0.1, 0.15) is 5.65 Å². The summed E-state index contributed by atoms with van der Waals surface area (Å²) in [5.41, 5.74) is 4.13. The number of rotatable bonds is 4. The molecule has 0 aliphatic heterocycles. The van der Waals surface area contributed by atoms with Crippen LogP contribution in [0.4, 0.5) is 0 Å². The summed E-state index contributed by atoms with van der Waals surface area (Å²) >= 11 is 5.97. The van der Waals surface area contributed by atoms with Gasteiger partial charge in [0.2, 0.25) is 0 Å². The summed E-state index contributed by atoms with van der Waals surface area (Å²) in [7, 11) is 0. The van der Waals surface area contributed by atoms with E-state index in [1.807, 2.05) is 28.9 Å². The molecule has 102 valence electrons. The lowest BCUT2D eigenvalue weighted by atomic mass is 10.1. The molecule has 0 saturated heterocycles. The maximum absolute atomic E-state index is 8.84. The van der Waals surface area contributed by atoms with Crippen molar-refractivity contribution in [2.75, 3.05) is 6.61 Å². The van der Waals surface area contributed by atoms with E-state index < -0.39 is 0 Å². The molecule has 0 amide bonds. The van der Waals surface area contributed by atoms with Gasteiger partial charge in [-0.1, -0.05) is 35.9 Å². The molecule has 0 bridgehead atoms. The first kappa shape index (κ1) is 13.2. The van der Waals surface area contributed by atoms with Crippen LogP contribution < -0.4 is 0 Å². The Labute approximate surface area is 122 Å². The van der Waals surface area contributed by atoms with Crippen molar-refractivity contribution in [2.24, 2.45) is 0 Å². The highest BCUT2D eigenvalue weighted by Crippen LogP contribution is 2.21. The zero-order valence-corrected chi connectivity index (χ0v) is 11.7. The van der Waals surface area contributed by atoms with Gasteiger partial charge in [-0.25, -0.2) is 4.98 Å². The van der Waals surface area contributed by atoms with E-state index in [0.717, 1.165) is 29.7 Å². The third kappa shape index (κ3) is 2.69. The summed E-state index contributed by atoms with van der Waals surface area (Å²) < 4.78 is 1.93. The number of aromatic nitrogens is 2. The van der Waals surface area contributed by atoms with Crippen LogP contribution in [0, 0.1) is 0 Å². The van der Waals surface area contributed by atoms with Gasteiger partial charge in [0.05, 0.1) is 10.7 Å². The molecule has 3 aromatic rings. The van der Waals surface area contributed by atoms with Crippen LogP contribution in [-0.2, 0) is 6.42 Å². The fraction of sp³-hybridized carbons (Fsp3) is 0.188. The van der Waals surface area contributed by atoms with Crippen LogP contribution in [0.1, 0.15) is 12.0 Å². The molecule has 2 heterocycles. The van der Waals surface area contributed by atoms with Crippen molar-refractivity contribution in [1.82, 2.24) is 9.38 Å². The van der Waals surface area contributed by atoms with Crippen LogP contribution in [0.5, 0.6) is 0 Å². The average molecular weight is 287 g/mol. The number of benzene rings is 1. The van der Waals surface area contributed by atoms with Crippen molar-refractivity contribution in [3.8, 4) is 11.3 Å². The van der Waals surface area contributed by atoms with E-state index in [-0.39, 0.29) is 6.61 Å². The first-order valence-corrected chi connectivity index (χ1v) is 6.98. The zero-order chi connectivity index (χ0) is 13.9. The predicted molar refractivity (Wildman–Crippen MR) is 81.0 cm³/mol. The first-order chi connectivity index (χ1) is 9.76. The van der Waals surface area contributed by atoms with Crippen molar-refractivity contribution in [3.05, 3.63) is 59.4 Å². The van der Waals surface area contributed by atoms with Gasteiger partial charge >= 0.3 is 0 Å². The number of pyridine rings is 1. The van der Waals surface area contributed by atoms with Gasteiger partial charge in [-0.05, 0) is 30.5 Å². The van der Waals surface area contributed by atoms with Crippen molar-refractivity contribution in [3.63, 3.8) is 0 Å². The van der Waals surface area contributed by atoms with E-state index in [2.05, 4.69) is 29.2 Å². The highest BCUT2D eigenvalue weighted by Gasteiger charge is 2.04. The molecule has 1 aromatic carbocycles. The Hall–Kier alpha value is -1.84. The maximum atomic E-state index is 8.84. The van der Waals surface area contributed by atoms with Gasteiger partial charge < -0.3 is 9.51 Å². The maximum Gasteiger partial charge on any atom is 0.137 e. The predicted octanol–water partition coefficient (Wildman–Crippen LogP) is 3.58. The largest absolute Gasteiger partial charge is 0.396 e. The molecule has 0 aliphatic rings. The smallest absolute Gasteiger partial charge is 0.137 e. The number of aliphatic hydroxyl groups excluding tert-OH is 1. The van der Waals surface area contributed by atoms with Gasteiger partial charge in [0.15, 0.2) is 0 Å². The molecule has 20 heavy (non-hydrogen) atoms. The number of aryl methyl sites for hydroxylation is 1. The molecule has 1 N–H and O–H groups in total. The van der Waals surface area contributed by atoms with E-state index in [4.69, 9.17) is 16.7 Å². The van der Waals surface area contributed by atoms with E-state index in [9.17, 15) is 0 Å². The summed E-state index contributed by atoms with van der Waals surface area (Å²) in [6.45, 7) is 0.231. The van der Waals surface area contributed by atoms with E-state index >= 15 is 0 Å². The Morgan fingerprint density at radius 1 is 1.05 bits per heavy atom. The highest BCUT2D eigenvalue weighted by atomic mass is 35.5. The second kappa shape index (κ2) is 5.65. The molecule has 3 nitrogen and oxygen atoms in total. The van der Waals surface area contributed by atoms with Crippen LogP contribution in [0.2, 0.25) is 5.02 Å². The lowest BCUT2D eigenvalue weighted by Gasteiger charge is -2.01. The number of nitrogens with zero attached hydrogens (tertiary/aromatic N) is 2. The van der Waals surface area contributed by atoms with Crippen LogP contribution in [0.15, 0.2) is 48.8 Å². The molecule has 0 atom stereocenters. The molecule has 2 aromatic heterocycles. The number of imidazole rings is 1. The monoisotopic (exact) mass is 286 g/mol. The SMILES string of the molecule is OCCCc1ccc(-c2cn3cc(Cl)ccc3n2)cc1. The van der Waals surface area contributed by atoms with Gasteiger partial charge in [0, 0.05) is 24.6 Å². The molecular formula is C16H15ClN2O. The lowest BCUT2D eigenvalue weighted by Crippen LogP contribution is -1.89. The van der Waals surface area contributed by atoms with Crippen LogP contribution in [-0.4, -0.2) is 21.1 Å². The van der Waals surface area contributed by atoms with Crippen molar-refractivity contribution < 1.29 is 5.11 Å². The normalized spacial score (nSPS) is 11.1. The van der Waals surface area contributed by atoms with E-state index in [1.54, 1.807) is 0 Å². The third-order valence-corrected chi connectivity index (χ3v) is 3.51. The van der Waals surface area contributed by atoms with Gasteiger partial charge in [-0.3, -0.25) is 0 Å². The molecule has 0 fully saturated rings. The quantitative estimate of drug-likeness (QED) is 0.796. The van der Waals surface area contributed by atoms with E-state index in [1.165, 1.54) is 5.56 Å². The summed E-state index contributed by atoms with van der Waals surface area (Å²) in [6, 6.07) is 12.0. The Morgan fingerprint density at radius 3 is 2.60 bits per heavy atom. The lowest BCUT2D eigenvalue weighted by molar-refractivity contribution is 0.288. The fourth-order valence-corrected chi connectivity index (χ4v) is 2.40. The van der Waals surface area contributed by atoms with Crippen LogP contribution in [0.3, 0.4) is 0 Å². The Morgan fingerprint density at radius 2 is 1.85 bits per heavy atom. The number of halogens is 1. The molecule has 4 heteroatoms. The zero-order valence-electron chi connectivity index (χ0n) is 11.0. The summed E-state index contributed by atoms with van der Waals surface area (Å²) in [6.07, 6.45) is 5.52. The Kier molecular flexibility index (Phi) is 3.72. The molecule has 0 saturated carbocycles. The Bertz CT molecular complexity index is 719. The highest BCUT2D eigenvalue weighted by molar-refractivity contribution is 6.30. The summed E-state index contributed by atoms with van der Waals surface area (Å²) in [4.78, 5) is 4.58. The molecule has 0 spiro atoms. The average Bonchev–Trinajstić information content (AvgIpc) is 2.88. The summed E-state index contributed by atoms with van der Waals surface area (Å²) in [5.74, 6) is 0. The minimum atomic E-state index is 0.231. The number of hydrogen-bond acceptors (Lipinski definition) is 2. The van der Waals surface area contributed by atoms with Gasteiger partial charge in [0.25, 0.3) is 0 Å². The molecule has 0 unspecified atom stereocenters. The minimum Gasteiger partial charge on any atom is -0.396 e. The number of hydrogen-bond donors (Lipinski definition) is 1. The van der Waals surface area contributed by atoms with Gasteiger partial charge in [-0.2, -0.15) is 0 Å². The topological polar surface area (TPSA) is 37.5 Å². The molecule has 0 radical (unpaired) electrons. The van der Waals surface area contributed by atoms with E-state index in [0.29, 0.717) is 5.02 Å². The second-order valence-corrected chi connectivity index (χ2v) is 5.20. The fourth-order valence-electron chi connectivity index (χ4n) is 2.23. The molecule has 0 aliphatic carbocycles. The Balaban J connectivity index is 1.90. The van der Waals surface area contributed by atoms with Gasteiger partial charge in [-0.15, -0.1) is 0 Å². The number of fused-ring (bicyclic) bond motifs is 1. The standard InChI is InChI=1S/C16H15ClN2O/c17-14-7-8-16-18-15(11-19(16)10-14)13-5-3-12(4-6-13)2-1-9-20/h3-8,10-11,20H,1-2,9H2. The van der Waals surface area contributed by atoms with Crippen molar-refractivity contribution >= 4 is 17.2 Å². The van der Waals surface area contributed by atoms with Crippen LogP contribution in [0.25, 0.3) is 16.9 Å². The number of aliphatic hydroxyl groups is 1. The van der Waals surface area contributed by atoms with Crippen molar-refractivity contribution in [1.29, 1.82) is 0 Å². The minimum absolute atomic E-state index is 0.231.